The monoisotopic (exact) mass is 157 g/mol. The van der Waals surface area contributed by atoms with Gasteiger partial charge in [-0.2, -0.15) is 0 Å². The van der Waals surface area contributed by atoms with Crippen LogP contribution < -0.4 is 5.32 Å². The van der Waals surface area contributed by atoms with E-state index < -0.39 is 0 Å². The van der Waals surface area contributed by atoms with E-state index in [1.54, 1.807) is 14.0 Å². The van der Waals surface area contributed by atoms with E-state index in [0.29, 0.717) is 0 Å². The lowest BCUT2D eigenvalue weighted by Crippen LogP contribution is -2.39. The molecule has 0 saturated heterocycles. The summed E-state index contributed by atoms with van der Waals surface area (Å²) in [6.45, 7) is 1.55. The highest BCUT2D eigenvalue weighted by Gasteiger charge is 2.27. The first-order chi connectivity index (χ1) is 5.24. The Morgan fingerprint density at radius 1 is 1.55 bits per heavy atom. The molecule has 2 atom stereocenters. The van der Waals surface area contributed by atoms with Gasteiger partial charge in [0.05, 0.1) is 12.1 Å². The van der Waals surface area contributed by atoms with Gasteiger partial charge >= 0.3 is 0 Å². The minimum atomic E-state index is 0.0407. The summed E-state index contributed by atoms with van der Waals surface area (Å²) >= 11 is 0. The minimum absolute atomic E-state index is 0.0407. The molecule has 0 heterocycles. The molecule has 11 heavy (non-hydrogen) atoms. The predicted octanol–water partition coefficient (Wildman–Crippen LogP) is 0.690. The SMILES string of the molecule is COC1CCCC1NC(C)=O. The highest BCUT2D eigenvalue weighted by molar-refractivity contribution is 5.73. The van der Waals surface area contributed by atoms with E-state index in [2.05, 4.69) is 5.32 Å². The van der Waals surface area contributed by atoms with Crippen LogP contribution in [0, 0.1) is 0 Å². The molecule has 3 heteroatoms. The molecule has 0 radical (unpaired) electrons. The third kappa shape index (κ3) is 2.19. The average Bonchev–Trinajstić information content (AvgIpc) is 2.34. The zero-order valence-electron chi connectivity index (χ0n) is 7.09. The molecule has 0 aliphatic heterocycles. The molecule has 1 rings (SSSR count). The number of carbonyl (C=O) groups excluding carboxylic acids is 1. The fourth-order valence-corrected chi connectivity index (χ4v) is 1.63. The summed E-state index contributed by atoms with van der Waals surface area (Å²) in [5.74, 6) is 0.0407. The van der Waals surface area contributed by atoms with E-state index in [0.717, 1.165) is 19.3 Å². The van der Waals surface area contributed by atoms with Gasteiger partial charge in [-0.05, 0) is 19.3 Å². The summed E-state index contributed by atoms with van der Waals surface area (Å²) in [4.78, 5) is 10.7. The fourth-order valence-electron chi connectivity index (χ4n) is 1.63. The van der Waals surface area contributed by atoms with E-state index in [-0.39, 0.29) is 18.1 Å². The van der Waals surface area contributed by atoms with Gasteiger partial charge in [-0.25, -0.2) is 0 Å². The topological polar surface area (TPSA) is 38.3 Å². The van der Waals surface area contributed by atoms with Gasteiger partial charge in [0.2, 0.25) is 5.91 Å². The minimum Gasteiger partial charge on any atom is -0.379 e. The number of carbonyl (C=O) groups is 1. The van der Waals surface area contributed by atoms with Crippen LogP contribution in [0.3, 0.4) is 0 Å². The van der Waals surface area contributed by atoms with Crippen LogP contribution in [0.4, 0.5) is 0 Å². The van der Waals surface area contributed by atoms with E-state index in [1.165, 1.54) is 0 Å². The van der Waals surface area contributed by atoms with Crippen LogP contribution in [0.5, 0.6) is 0 Å². The van der Waals surface area contributed by atoms with Crippen molar-refractivity contribution in [2.75, 3.05) is 7.11 Å². The average molecular weight is 157 g/mol. The second-order valence-electron chi connectivity index (χ2n) is 3.01. The summed E-state index contributed by atoms with van der Waals surface area (Å²) < 4.78 is 5.21. The molecule has 1 aliphatic carbocycles. The zero-order valence-corrected chi connectivity index (χ0v) is 7.09. The standard InChI is InChI=1S/C8H15NO2/c1-6(10)9-7-4-3-5-8(7)11-2/h7-8H,3-5H2,1-2H3,(H,9,10). The summed E-state index contributed by atoms with van der Waals surface area (Å²) in [5.41, 5.74) is 0. The number of nitrogens with one attached hydrogen (secondary N) is 1. The molecule has 2 unspecified atom stereocenters. The maximum Gasteiger partial charge on any atom is 0.217 e. The molecule has 1 aliphatic rings. The van der Waals surface area contributed by atoms with Crippen molar-refractivity contribution < 1.29 is 9.53 Å². The summed E-state index contributed by atoms with van der Waals surface area (Å²) in [6, 6.07) is 0.248. The number of methoxy groups -OCH3 is 1. The lowest BCUT2D eigenvalue weighted by atomic mass is 10.2. The van der Waals surface area contributed by atoms with E-state index >= 15 is 0 Å². The third-order valence-corrected chi connectivity index (χ3v) is 2.14. The van der Waals surface area contributed by atoms with Gasteiger partial charge in [0, 0.05) is 14.0 Å². The van der Waals surface area contributed by atoms with Crippen molar-refractivity contribution in [2.24, 2.45) is 0 Å². The molecule has 1 amide bonds. The molecule has 3 nitrogen and oxygen atoms in total. The van der Waals surface area contributed by atoms with Crippen molar-refractivity contribution in [3.05, 3.63) is 0 Å². The smallest absolute Gasteiger partial charge is 0.217 e. The fraction of sp³-hybridized carbons (Fsp3) is 0.875. The number of hydrogen-bond donors (Lipinski definition) is 1. The third-order valence-electron chi connectivity index (χ3n) is 2.14. The molecular weight excluding hydrogens is 142 g/mol. The Kier molecular flexibility index (Phi) is 2.88. The molecule has 1 fully saturated rings. The number of rotatable bonds is 2. The Balaban J connectivity index is 2.37. The number of ether oxygens (including phenoxy) is 1. The Hall–Kier alpha value is -0.570. The molecule has 1 saturated carbocycles. The molecule has 0 bridgehead atoms. The Labute approximate surface area is 67.1 Å². The first-order valence-electron chi connectivity index (χ1n) is 4.04. The Morgan fingerprint density at radius 3 is 2.82 bits per heavy atom. The van der Waals surface area contributed by atoms with Gasteiger partial charge in [0.15, 0.2) is 0 Å². The molecule has 0 aromatic rings. The van der Waals surface area contributed by atoms with E-state index in [1.807, 2.05) is 0 Å². The van der Waals surface area contributed by atoms with Crippen molar-refractivity contribution in [2.45, 2.75) is 38.3 Å². The van der Waals surface area contributed by atoms with Crippen LogP contribution >= 0.6 is 0 Å². The largest absolute Gasteiger partial charge is 0.379 e. The van der Waals surface area contributed by atoms with Crippen LogP contribution in [-0.2, 0) is 9.53 Å². The van der Waals surface area contributed by atoms with Gasteiger partial charge < -0.3 is 10.1 Å². The van der Waals surface area contributed by atoms with Crippen LogP contribution in [0.1, 0.15) is 26.2 Å². The van der Waals surface area contributed by atoms with Gasteiger partial charge in [-0.3, -0.25) is 4.79 Å². The molecule has 0 aromatic carbocycles. The predicted molar refractivity (Wildman–Crippen MR) is 42.3 cm³/mol. The maximum atomic E-state index is 10.7. The van der Waals surface area contributed by atoms with Gasteiger partial charge in [-0.15, -0.1) is 0 Å². The Morgan fingerprint density at radius 2 is 2.27 bits per heavy atom. The number of hydrogen-bond acceptors (Lipinski definition) is 2. The quantitative estimate of drug-likeness (QED) is 0.640. The van der Waals surface area contributed by atoms with Crippen molar-refractivity contribution in [3.63, 3.8) is 0 Å². The summed E-state index contributed by atoms with van der Waals surface area (Å²) in [5, 5.41) is 2.88. The zero-order chi connectivity index (χ0) is 8.27. The van der Waals surface area contributed by atoms with Crippen LogP contribution in [0.2, 0.25) is 0 Å². The van der Waals surface area contributed by atoms with Gasteiger partial charge in [0.25, 0.3) is 0 Å². The van der Waals surface area contributed by atoms with Crippen LogP contribution in [0.15, 0.2) is 0 Å². The van der Waals surface area contributed by atoms with Crippen LogP contribution in [-0.4, -0.2) is 25.2 Å². The second-order valence-corrected chi connectivity index (χ2v) is 3.01. The van der Waals surface area contributed by atoms with Crippen molar-refractivity contribution in [1.82, 2.24) is 5.32 Å². The van der Waals surface area contributed by atoms with Crippen LogP contribution in [0.25, 0.3) is 0 Å². The highest BCUT2D eigenvalue weighted by atomic mass is 16.5. The molecule has 1 N–H and O–H groups in total. The van der Waals surface area contributed by atoms with Crippen molar-refractivity contribution in [1.29, 1.82) is 0 Å². The molecule has 64 valence electrons. The van der Waals surface area contributed by atoms with Gasteiger partial charge in [0.1, 0.15) is 0 Å². The molecule has 0 aromatic heterocycles. The van der Waals surface area contributed by atoms with Gasteiger partial charge in [-0.1, -0.05) is 0 Å². The molecule has 0 spiro atoms. The normalized spacial score (nSPS) is 30.4. The first kappa shape index (κ1) is 8.53. The number of amides is 1. The van der Waals surface area contributed by atoms with E-state index in [9.17, 15) is 4.79 Å². The van der Waals surface area contributed by atoms with Crippen molar-refractivity contribution >= 4 is 5.91 Å². The van der Waals surface area contributed by atoms with E-state index in [4.69, 9.17) is 4.74 Å². The van der Waals surface area contributed by atoms with Crippen molar-refractivity contribution in [3.8, 4) is 0 Å². The second kappa shape index (κ2) is 3.72. The first-order valence-corrected chi connectivity index (χ1v) is 4.04. The molecular formula is C8H15NO2. The maximum absolute atomic E-state index is 10.7. The summed E-state index contributed by atoms with van der Waals surface area (Å²) in [6.07, 6.45) is 3.52. The summed E-state index contributed by atoms with van der Waals surface area (Å²) in [7, 11) is 1.70. The lowest BCUT2D eigenvalue weighted by molar-refractivity contribution is -0.120. The Bertz CT molecular complexity index is 147. The highest BCUT2D eigenvalue weighted by Crippen LogP contribution is 2.21. The lowest BCUT2D eigenvalue weighted by Gasteiger charge is -2.18.